The molecule has 3 aromatic rings. The highest BCUT2D eigenvalue weighted by Gasteiger charge is 1.98. The third kappa shape index (κ3) is 5.05. The van der Waals surface area contributed by atoms with Crippen LogP contribution in [0.15, 0.2) is 84.9 Å². The lowest BCUT2D eigenvalue weighted by molar-refractivity contribution is 0.0339. The van der Waals surface area contributed by atoms with Crippen LogP contribution >= 0.6 is 0 Å². The number of benzene rings is 3. The lowest BCUT2D eigenvalue weighted by Gasteiger charge is -2.07. The highest BCUT2D eigenvalue weighted by atomic mass is 16.5. The van der Waals surface area contributed by atoms with E-state index in [0.717, 1.165) is 0 Å². The molecule has 24 heavy (non-hydrogen) atoms. The SMILES string of the molecule is c1ccc(COCCOCc2ccc(-c3ccccc3)cc2)cc1. The maximum Gasteiger partial charge on any atom is 0.0718 e. The van der Waals surface area contributed by atoms with Gasteiger partial charge in [0.15, 0.2) is 0 Å². The fraction of sp³-hybridized carbons (Fsp3) is 0.182. The summed E-state index contributed by atoms with van der Waals surface area (Å²) < 4.78 is 11.3. The van der Waals surface area contributed by atoms with E-state index in [2.05, 4.69) is 60.7 Å². The van der Waals surface area contributed by atoms with Crippen LogP contribution in [0, 0.1) is 0 Å². The summed E-state index contributed by atoms with van der Waals surface area (Å²) in [5, 5.41) is 0. The highest BCUT2D eigenvalue weighted by molar-refractivity contribution is 5.63. The summed E-state index contributed by atoms with van der Waals surface area (Å²) >= 11 is 0. The van der Waals surface area contributed by atoms with E-state index in [1.54, 1.807) is 0 Å². The molecule has 122 valence electrons. The van der Waals surface area contributed by atoms with Gasteiger partial charge in [-0.25, -0.2) is 0 Å². The minimum atomic E-state index is 0.604. The lowest BCUT2D eigenvalue weighted by atomic mass is 10.0. The zero-order valence-corrected chi connectivity index (χ0v) is 13.7. The fourth-order valence-electron chi connectivity index (χ4n) is 2.50. The summed E-state index contributed by atoms with van der Waals surface area (Å²) in [5.74, 6) is 0. The van der Waals surface area contributed by atoms with Crippen LogP contribution in [0.3, 0.4) is 0 Å². The van der Waals surface area contributed by atoms with Crippen molar-refractivity contribution in [2.75, 3.05) is 13.2 Å². The third-order valence-electron chi connectivity index (χ3n) is 3.81. The number of rotatable bonds is 8. The van der Waals surface area contributed by atoms with Gasteiger partial charge in [0.1, 0.15) is 0 Å². The second-order valence-electron chi connectivity index (χ2n) is 5.65. The van der Waals surface area contributed by atoms with Gasteiger partial charge in [0.25, 0.3) is 0 Å². The second-order valence-corrected chi connectivity index (χ2v) is 5.65. The minimum absolute atomic E-state index is 0.604. The molecular weight excluding hydrogens is 296 g/mol. The largest absolute Gasteiger partial charge is 0.374 e. The van der Waals surface area contributed by atoms with Gasteiger partial charge in [-0.2, -0.15) is 0 Å². The van der Waals surface area contributed by atoms with E-state index < -0.39 is 0 Å². The van der Waals surface area contributed by atoms with E-state index in [4.69, 9.17) is 9.47 Å². The summed E-state index contributed by atoms with van der Waals surface area (Å²) in [4.78, 5) is 0. The minimum Gasteiger partial charge on any atom is -0.374 e. The molecule has 0 heterocycles. The van der Waals surface area contributed by atoms with Gasteiger partial charge in [-0.15, -0.1) is 0 Å². The monoisotopic (exact) mass is 318 g/mol. The van der Waals surface area contributed by atoms with E-state index in [-0.39, 0.29) is 0 Å². The molecular formula is C22H22O2. The Morgan fingerprint density at radius 1 is 0.458 bits per heavy atom. The van der Waals surface area contributed by atoms with Crippen molar-refractivity contribution >= 4 is 0 Å². The highest BCUT2D eigenvalue weighted by Crippen LogP contribution is 2.19. The smallest absolute Gasteiger partial charge is 0.0718 e. The Labute approximate surface area is 143 Å². The maximum atomic E-state index is 5.68. The third-order valence-corrected chi connectivity index (χ3v) is 3.81. The Hall–Kier alpha value is -2.42. The van der Waals surface area contributed by atoms with E-state index in [1.807, 2.05) is 24.3 Å². The molecule has 0 aliphatic rings. The topological polar surface area (TPSA) is 18.5 Å². The molecule has 0 atom stereocenters. The van der Waals surface area contributed by atoms with Crippen molar-refractivity contribution in [3.63, 3.8) is 0 Å². The second kappa shape index (κ2) is 9.02. The molecule has 0 saturated carbocycles. The zero-order chi connectivity index (χ0) is 16.5. The van der Waals surface area contributed by atoms with Gasteiger partial charge in [0.05, 0.1) is 26.4 Å². The summed E-state index contributed by atoms with van der Waals surface area (Å²) in [6.07, 6.45) is 0. The molecule has 0 saturated heterocycles. The van der Waals surface area contributed by atoms with Crippen LogP contribution in [0.4, 0.5) is 0 Å². The van der Waals surface area contributed by atoms with E-state index in [9.17, 15) is 0 Å². The normalized spacial score (nSPS) is 10.7. The van der Waals surface area contributed by atoms with Crippen LogP contribution in [0.1, 0.15) is 11.1 Å². The predicted molar refractivity (Wildman–Crippen MR) is 97.6 cm³/mol. The fourth-order valence-corrected chi connectivity index (χ4v) is 2.50. The average Bonchev–Trinajstić information content (AvgIpc) is 2.67. The van der Waals surface area contributed by atoms with Crippen molar-refractivity contribution in [1.82, 2.24) is 0 Å². The summed E-state index contributed by atoms with van der Waals surface area (Å²) in [6, 6.07) is 29.1. The van der Waals surface area contributed by atoms with Gasteiger partial charge in [-0.3, -0.25) is 0 Å². The Balaban J connectivity index is 1.36. The number of hydrogen-bond acceptors (Lipinski definition) is 2. The van der Waals surface area contributed by atoms with Crippen LogP contribution in [0.2, 0.25) is 0 Å². The summed E-state index contributed by atoms with van der Waals surface area (Å²) in [6.45, 7) is 2.46. The van der Waals surface area contributed by atoms with Crippen molar-refractivity contribution in [3.8, 4) is 11.1 Å². The van der Waals surface area contributed by atoms with Gasteiger partial charge in [-0.05, 0) is 22.3 Å². The Bertz CT molecular complexity index is 706. The van der Waals surface area contributed by atoms with Crippen molar-refractivity contribution in [2.45, 2.75) is 13.2 Å². The van der Waals surface area contributed by atoms with Crippen LogP contribution in [0.5, 0.6) is 0 Å². The lowest BCUT2D eigenvalue weighted by Crippen LogP contribution is -2.04. The molecule has 0 fully saturated rings. The molecule has 3 rings (SSSR count). The van der Waals surface area contributed by atoms with Crippen LogP contribution in [0.25, 0.3) is 11.1 Å². The van der Waals surface area contributed by atoms with Crippen LogP contribution in [-0.4, -0.2) is 13.2 Å². The molecule has 0 spiro atoms. The zero-order valence-electron chi connectivity index (χ0n) is 13.7. The summed E-state index contributed by atoms with van der Waals surface area (Å²) in [7, 11) is 0. The molecule has 0 aliphatic carbocycles. The molecule has 0 amide bonds. The van der Waals surface area contributed by atoms with Crippen molar-refractivity contribution in [3.05, 3.63) is 96.1 Å². The maximum absolute atomic E-state index is 5.68. The molecule has 0 bridgehead atoms. The van der Waals surface area contributed by atoms with Gasteiger partial charge >= 0.3 is 0 Å². The van der Waals surface area contributed by atoms with Gasteiger partial charge in [0, 0.05) is 0 Å². The van der Waals surface area contributed by atoms with Crippen molar-refractivity contribution in [1.29, 1.82) is 0 Å². The molecule has 2 nitrogen and oxygen atoms in total. The van der Waals surface area contributed by atoms with Gasteiger partial charge in [-0.1, -0.05) is 84.9 Å². The molecule has 0 radical (unpaired) electrons. The van der Waals surface area contributed by atoms with E-state index >= 15 is 0 Å². The van der Waals surface area contributed by atoms with Crippen molar-refractivity contribution < 1.29 is 9.47 Å². The predicted octanol–water partition coefficient (Wildman–Crippen LogP) is 5.09. The van der Waals surface area contributed by atoms with Crippen molar-refractivity contribution in [2.24, 2.45) is 0 Å². The molecule has 0 aromatic heterocycles. The number of ether oxygens (including phenoxy) is 2. The first-order chi connectivity index (χ1) is 11.9. The first kappa shape index (κ1) is 16.4. The Kier molecular flexibility index (Phi) is 6.18. The average molecular weight is 318 g/mol. The van der Waals surface area contributed by atoms with Crippen LogP contribution in [-0.2, 0) is 22.7 Å². The van der Waals surface area contributed by atoms with E-state index in [1.165, 1.54) is 22.3 Å². The molecule has 0 unspecified atom stereocenters. The van der Waals surface area contributed by atoms with E-state index in [0.29, 0.717) is 26.4 Å². The summed E-state index contributed by atoms with van der Waals surface area (Å²) in [5.41, 5.74) is 4.83. The first-order valence-corrected chi connectivity index (χ1v) is 8.25. The number of hydrogen-bond donors (Lipinski definition) is 0. The molecule has 0 aliphatic heterocycles. The standard InChI is InChI=1S/C22H22O2/c1-3-7-19(8-4-1)17-23-15-16-24-18-20-11-13-22(14-12-20)21-9-5-2-6-10-21/h1-14H,15-18H2. The Morgan fingerprint density at radius 2 is 0.917 bits per heavy atom. The molecule has 0 N–H and O–H groups in total. The van der Waals surface area contributed by atoms with Crippen LogP contribution < -0.4 is 0 Å². The van der Waals surface area contributed by atoms with Gasteiger partial charge < -0.3 is 9.47 Å². The quantitative estimate of drug-likeness (QED) is 0.539. The van der Waals surface area contributed by atoms with Gasteiger partial charge in [0.2, 0.25) is 0 Å². The first-order valence-electron chi connectivity index (χ1n) is 8.25. The molecule has 2 heteroatoms. The molecule has 3 aromatic carbocycles. The Morgan fingerprint density at radius 3 is 1.50 bits per heavy atom.